The lowest BCUT2D eigenvalue weighted by molar-refractivity contribution is 0.483. The summed E-state index contributed by atoms with van der Waals surface area (Å²) in [5.41, 5.74) is 0. The Morgan fingerprint density at radius 2 is 2.06 bits per heavy atom. The number of thioether (sulfide) groups is 1. The molecule has 1 N–H and O–H groups in total. The smallest absolute Gasteiger partial charge is 0.0417 e. The summed E-state index contributed by atoms with van der Waals surface area (Å²) in [6.45, 7) is 4.57. The van der Waals surface area contributed by atoms with Crippen LogP contribution < -0.4 is 5.32 Å². The number of halogens is 1. The van der Waals surface area contributed by atoms with Crippen molar-refractivity contribution in [2.75, 3.05) is 12.8 Å². The van der Waals surface area contributed by atoms with E-state index in [9.17, 15) is 0 Å². The molecule has 1 nitrogen and oxygen atoms in total. The maximum atomic E-state index is 5.98. The lowest BCUT2D eigenvalue weighted by atomic mass is 10.0. The van der Waals surface area contributed by atoms with E-state index in [0.717, 1.165) is 16.7 Å². The van der Waals surface area contributed by atoms with Crippen LogP contribution in [0.4, 0.5) is 0 Å². The van der Waals surface area contributed by atoms with Crippen molar-refractivity contribution in [1.29, 1.82) is 0 Å². The summed E-state index contributed by atoms with van der Waals surface area (Å²) in [4.78, 5) is 1.26. The highest BCUT2D eigenvalue weighted by Gasteiger charge is 2.07. The molecule has 1 aromatic rings. The largest absolute Gasteiger partial charge is 0.316 e. The molecule has 1 rings (SSSR count). The predicted octanol–water partition coefficient (Wildman–Crippen LogP) is 4.85. The fourth-order valence-corrected chi connectivity index (χ4v) is 3.20. The highest BCUT2D eigenvalue weighted by molar-refractivity contribution is 7.99. The maximum Gasteiger partial charge on any atom is 0.0417 e. The summed E-state index contributed by atoms with van der Waals surface area (Å²) in [6.07, 6.45) is 3.88. The van der Waals surface area contributed by atoms with E-state index in [2.05, 4.69) is 32.3 Å². The monoisotopic (exact) mass is 285 g/mol. The molecule has 0 aliphatic heterocycles. The standard InChI is InChI=1S/C15H24ClNS/c1-12(2)6-4-8-14(17-3)11-18-15-9-5-7-13(16)10-15/h5,7,9-10,12,14,17H,4,6,8,11H2,1-3H3. The van der Waals surface area contributed by atoms with E-state index in [1.807, 2.05) is 30.0 Å². The highest BCUT2D eigenvalue weighted by Crippen LogP contribution is 2.23. The second-order valence-corrected chi connectivity index (χ2v) is 6.61. The van der Waals surface area contributed by atoms with Crippen LogP contribution in [-0.2, 0) is 0 Å². The second kappa shape index (κ2) is 8.84. The summed E-state index contributed by atoms with van der Waals surface area (Å²) in [6, 6.07) is 8.68. The topological polar surface area (TPSA) is 12.0 Å². The SMILES string of the molecule is CNC(CCCC(C)C)CSc1cccc(Cl)c1. The van der Waals surface area contributed by atoms with Crippen molar-refractivity contribution in [1.82, 2.24) is 5.32 Å². The number of nitrogens with one attached hydrogen (secondary N) is 1. The van der Waals surface area contributed by atoms with E-state index in [0.29, 0.717) is 6.04 Å². The van der Waals surface area contributed by atoms with E-state index in [1.165, 1.54) is 24.2 Å². The van der Waals surface area contributed by atoms with E-state index in [4.69, 9.17) is 11.6 Å². The van der Waals surface area contributed by atoms with Crippen LogP contribution in [0.3, 0.4) is 0 Å². The molecular formula is C15H24ClNS. The molecule has 0 amide bonds. The minimum atomic E-state index is 0.590. The molecule has 102 valence electrons. The molecule has 1 atom stereocenters. The van der Waals surface area contributed by atoms with Crippen molar-refractivity contribution in [3.63, 3.8) is 0 Å². The third kappa shape index (κ3) is 6.67. The number of hydrogen-bond donors (Lipinski definition) is 1. The molecule has 0 heterocycles. The van der Waals surface area contributed by atoms with Crippen molar-refractivity contribution >= 4 is 23.4 Å². The normalized spacial score (nSPS) is 12.9. The minimum Gasteiger partial charge on any atom is -0.316 e. The zero-order valence-corrected chi connectivity index (χ0v) is 13.2. The fourth-order valence-electron chi connectivity index (χ4n) is 1.84. The van der Waals surface area contributed by atoms with Gasteiger partial charge in [-0.05, 0) is 37.6 Å². The summed E-state index contributed by atoms with van der Waals surface area (Å²) in [7, 11) is 2.05. The van der Waals surface area contributed by atoms with Gasteiger partial charge in [0.05, 0.1) is 0 Å². The Morgan fingerprint density at radius 1 is 1.28 bits per heavy atom. The van der Waals surface area contributed by atoms with Gasteiger partial charge in [-0.2, -0.15) is 0 Å². The van der Waals surface area contributed by atoms with Crippen molar-refractivity contribution in [2.45, 2.75) is 44.0 Å². The van der Waals surface area contributed by atoms with Gasteiger partial charge in [0.1, 0.15) is 0 Å². The van der Waals surface area contributed by atoms with Crippen molar-refractivity contribution < 1.29 is 0 Å². The third-order valence-electron chi connectivity index (χ3n) is 2.99. The molecule has 0 aliphatic rings. The van der Waals surface area contributed by atoms with Gasteiger partial charge in [0.15, 0.2) is 0 Å². The van der Waals surface area contributed by atoms with Gasteiger partial charge in [0, 0.05) is 21.7 Å². The van der Waals surface area contributed by atoms with Crippen LogP contribution in [0.25, 0.3) is 0 Å². The van der Waals surface area contributed by atoms with Crippen molar-refractivity contribution in [2.24, 2.45) is 5.92 Å². The van der Waals surface area contributed by atoms with Crippen molar-refractivity contribution in [3.8, 4) is 0 Å². The Morgan fingerprint density at radius 3 is 2.67 bits per heavy atom. The van der Waals surface area contributed by atoms with Crippen LogP contribution >= 0.6 is 23.4 Å². The lowest BCUT2D eigenvalue weighted by Crippen LogP contribution is -2.27. The van der Waals surface area contributed by atoms with Gasteiger partial charge in [-0.1, -0.05) is 44.4 Å². The predicted molar refractivity (Wildman–Crippen MR) is 83.7 cm³/mol. The number of rotatable bonds is 8. The fraction of sp³-hybridized carbons (Fsp3) is 0.600. The molecule has 1 unspecified atom stereocenters. The molecule has 0 spiro atoms. The van der Waals surface area contributed by atoms with Crippen molar-refractivity contribution in [3.05, 3.63) is 29.3 Å². The molecule has 0 aromatic heterocycles. The first-order valence-corrected chi connectivity index (χ1v) is 8.03. The van der Waals surface area contributed by atoms with Crippen LogP contribution in [-0.4, -0.2) is 18.8 Å². The average molecular weight is 286 g/mol. The van der Waals surface area contributed by atoms with Gasteiger partial charge in [0.2, 0.25) is 0 Å². The zero-order chi connectivity index (χ0) is 13.4. The molecule has 0 saturated heterocycles. The van der Waals surface area contributed by atoms with Gasteiger partial charge in [-0.15, -0.1) is 11.8 Å². The molecule has 18 heavy (non-hydrogen) atoms. The number of benzene rings is 1. The minimum absolute atomic E-state index is 0.590. The Balaban J connectivity index is 2.30. The number of hydrogen-bond acceptors (Lipinski definition) is 2. The maximum absolute atomic E-state index is 5.98. The molecule has 0 saturated carbocycles. The molecule has 0 radical (unpaired) electrons. The van der Waals surface area contributed by atoms with Crippen LogP contribution in [0, 0.1) is 5.92 Å². The third-order valence-corrected chi connectivity index (χ3v) is 4.38. The van der Waals surface area contributed by atoms with E-state index in [-0.39, 0.29) is 0 Å². The first-order valence-electron chi connectivity index (χ1n) is 6.67. The van der Waals surface area contributed by atoms with Crippen LogP contribution in [0.2, 0.25) is 5.02 Å². The second-order valence-electron chi connectivity index (χ2n) is 5.08. The Bertz CT molecular complexity index is 341. The first kappa shape index (κ1) is 15.9. The van der Waals surface area contributed by atoms with E-state index in [1.54, 1.807) is 0 Å². The van der Waals surface area contributed by atoms with Gasteiger partial charge < -0.3 is 5.32 Å². The molecule has 1 aromatic carbocycles. The van der Waals surface area contributed by atoms with Crippen LogP contribution in [0.15, 0.2) is 29.2 Å². The molecule has 0 bridgehead atoms. The summed E-state index contributed by atoms with van der Waals surface area (Å²) in [5.74, 6) is 1.91. The molecule has 0 fully saturated rings. The Hall–Kier alpha value is -0.180. The van der Waals surface area contributed by atoms with Gasteiger partial charge in [-0.3, -0.25) is 0 Å². The van der Waals surface area contributed by atoms with E-state index < -0.39 is 0 Å². The van der Waals surface area contributed by atoms with Gasteiger partial charge in [0.25, 0.3) is 0 Å². The van der Waals surface area contributed by atoms with Crippen LogP contribution in [0.1, 0.15) is 33.1 Å². The summed E-state index contributed by atoms with van der Waals surface area (Å²) in [5, 5.41) is 4.23. The molecular weight excluding hydrogens is 262 g/mol. The summed E-state index contributed by atoms with van der Waals surface area (Å²) >= 11 is 7.86. The van der Waals surface area contributed by atoms with Gasteiger partial charge in [-0.25, -0.2) is 0 Å². The quantitative estimate of drug-likeness (QED) is 0.686. The van der Waals surface area contributed by atoms with E-state index >= 15 is 0 Å². The molecule has 3 heteroatoms. The highest BCUT2D eigenvalue weighted by atomic mass is 35.5. The van der Waals surface area contributed by atoms with Crippen LogP contribution in [0.5, 0.6) is 0 Å². The Kier molecular flexibility index (Phi) is 7.80. The summed E-state index contributed by atoms with van der Waals surface area (Å²) < 4.78 is 0. The molecule has 0 aliphatic carbocycles. The Labute approximate surface area is 121 Å². The lowest BCUT2D eigenvalue weighted by Gasteiger charge is -2.16. The van der Waals surface area contributed by atoms with Gasteiger partial charge >= 0.3 is 0 Å². The average Bonchev–Trinajstić information content (AvgIpc) is 2.33. The first-order chi connectivity index (χ1) is 8.61. The zero-order valence-electron chi connectivity index (χ0n) is 11.6.